The van der Waals surface area contributed by atoms with E-state index >= 15 is 0 Å². The molecular formula is C13H15BrO3. The van der Waals surface area contributed by atoms with E-state index in [1.165, 1.54) is 0 Å². The Labute approximate surface area is 109 Å². The topological polar surface area (TPSA) is 35.5 Å². The molecule has 92 valence electrons. The third-order valence-corrected chi connectivity index (χ3v) is 3.62. The van der Waals surface area contributed by atoms with Crippen molar-refractivity contribution < 1.29 is 14.3 Å². The number of rotatable bonds is 3. The molecule has 0 saturated carbocycles. The highest BCUT2D eigenvalue weighted by Gasteiger charge is 2.29. The lowest BCUT2D eigenvalue weighted by Crippen LogP contribution is -2.21. The van der Waals surface area contributed by atoms with Gasteiger partial charge in [0.1, 0.15) is 11.9 Å². The molecule has 0 bridgehead atoms. The van der Waals surface area contributed by atoms with Crippen molar-refractivity contribution in [3.63, 3.8) is 0 Å². The number of carbonyl (C=O) groups is 1. The number of hydrogen-bond donors (Lipinski definition) is 0. The predicted molar refractivity (Wildman–Crippen MR) is 68.6 cm³/mol. The zero-order chi connectivity index (χ0) is 12.4. The van der Waals surface area contributed by atoms with E-state index in [0.29, 0.717) is 5.56 Å². The molecule has 0 spiro atoms. The van der Waals surface area contributed by atoms with Crippen LogP contribution in [-0.4, -0.2) is 25.1 Å². The summed E-state index contributed by atoms with van der Waals surface area (Å²) in [4.78, 5) is 12.2. The number of halogens is 1. The molecular weight excluding hydrogens is 284 g/mol. The molecule has 2 rings (SSSR count). The Balaban J connectivity index is 2.19. The number of hydrogen-bond acceptors (Lipinski definition) is 3. The van der Waals surface area contributed by atoms with Gasteiger partial charge >= 0.3 is 0 Å². The van der Waals surface area contributed by atoms with Crippen molar-refractivity contribution in [2.75, 3.05) is 7.11 Å². The van der Waals surface area contributed by atoms with Crippen LogP contribution >= 0.6 is 15.9 Å². The van der Waals surface area contributed by atoms with Crippen molar-refractivity contribution in [2.45, 2.75) is 32.0 Å². The van der Waals surface area contributed by atoms with Crippen LogP contribution in [0.4, 0.5) is 0 Å². The second-order valence-electron chi connectivity index (χ2n) is 4.22. The summed E-state index contributed by atoms with van der Waals surface area (Å²) in [7, 11) is 1.60. The molecule has 3 nitrogen and oxygen atoms in total. The fraction of sp³-hybridized carbons (Fsp3) is 0.462. The van der Waals surface area contributed by atoms with Gasteiger partial charge in [-0.2, -0.15) is 0 Å². The quantitative estimate of drug-likeness (QED) is 0.804. The van der Waals surface area contributed by atoms with Gasteiger partial charge in [0.15, 0.2) is 5.78 Å². The zero-order valence-corrected chi connectivity index (χ0v) is 11.5. The SMILES string of the molecule is COc1ccc(C(=O)C2CCC(C)O2)c(Br)c1. The Morgan fingerprint density at radius 1 is 1.47 bits per heavy atom. The van der Waals surface area contributed by atoms with Crippen LogP contribution < -0.4 is 4.74 Å². The summed E-state index contributed by atoms with van der Waals surface area (Å²) < 4.78 is 11.4. The van der Waals surface area contributed by atoms with Crippen LogP contribution in [-0.2, 0) is 4.74 Å². The Hall–Kier alpha value is -0.870. The fourth-order valence-electron chi connectivity index (χ4n) is 1.99. The molecule has 0 radical (unpaired) electrons. The highest BCUT2D eigenvalue weighted by atomic mass is 79.9. The van der Waals surface area contributed by atoms with E-state index in [2.05, 4.69) is 15.9 Å². The maximum Gasteiger partial charge on any atom is 0.192 e. The van der Waals surface area contributed by atoms with E-state index in [4.69, 9.17) is 9.47 Å². The predicted octanol–water partition coefficient (Wildman–Crippen LogP) is 3.21. The molecule has 1 aliphatic heterocycles. The third kappa shape index (κ3) is 2.69. The first-order valence-electron chi connectivity index (χ1n) is 5.65. The fourth-order valence-corrected chi connectivity index (χ4v) is 2.54. The molecule has 0 aromatic heterocycles. The first kappa shape index (κ1) is 12.6. The lowest BCUT2D eigenvalue weighted by Gasteiger charge is -2.12. The van der Waals surface area contributed by atoms with Crippen molar-refractivity contribution in [3.05, 3.63) is 28.2 Å². The lowest BCUT2D eigenvalue weighted by atomic mass is 10.0. The standard InChI is InChI=1S/C13H15BrO3/c1-8-3-6-12(17-8)13(15)10-5-4-9(16-2)7-11(10)14/h4-5,7-8,12H,3,6H2,1-2H3. The van der Waals surface area contributed by atoms with Gasteiger partial charge in [-0.15, -0.1) is 0 Å². The van der Waals surface area contributed by atoms with Gasteiger partial charge in [0, 0.05) is 10.0 Å². The van der Waals surface area contributed by atoms with E-state index in [0.717, 1.165) is 23.1 Å². The van der Waals surface area contributed by atoms with Crippen LogP contribution in [0.15, 0.2) is 22.7 Å². The molecule has 0 amide bonds. The minimum Gasteiger partial charge on any atom is -0.497 e. The third-order valence-electron chi connectivity index (χ3n) is 2.97. The highest BCUT2D eigenvalue weighted by molar-refractivity contribution is 9.10. The molecule has 1 heterocycles. The summed E-state index contributed by atoms with van der Waals surface area (Å²) in [5, 5.41) is 0. The van der Waals surface area contributed by atoms with E-state index < -0.39 is 0 Å². The molecule has 2 atom stereocenters. The van der Waals surface area contributed by atoms with Crippen molar-refractivity contribution in [1.82, 2.24) is 0 Å². The maximum absolute atomic E-state index is 12.2. The summed E-state index contributed by atoms with van der Waals surface area (Å²) in [6, 6.07) is 5.36. The summed E-state index contributed by atoms with van der Waals surface area (Å²) in [5.74, 6) is 0.776. The Morgan fingerprint density at radius 2 is 2.24 bits per heavy atom. The largest absolute Gasteiger partial charge is 0.497 e. The van der Waals surface area contributed by atoms with Crippen molar-refractivity contribution >= 4 is 21.7 Å². The van der Waals surface area contributed by atoms with Crippen LogP contribution in [0.3, 0.4) is 0 Å². The molecule has 2 unspecified atom stereocenters. The number of carbonyl (C=O) groups excluding carboxylic acids is 1. The van der Waals surface area contributed by atoms with Gasteiger partial charge in [-0.05, 0) is 53.9 Å². The van der Waals surface area contributed by atoms with Crippen molar-refractivity contribution in [2.24, 2.45) is 0 Å². The Bertz CT molecular complexity index is 431. The maximum atomic E-state index is 12.2. The molecule has 17 heavy (non-hydrogen) atoms. The van der Waals surface area contributed by atoms with Gasteiger partial charge in [0.05, 0.1) is 13.2 Å². The molecule has 1 saturated heterocycles. The molecule has 4 heteroatoms. The van der Waals surface area contributed by atoms with Gasteiger partial charge < -0.3 is 9.47 Å². The monoisotopic (exact) mass is 298 g/mol. The van der Waals surface area contributed by atoms with Gasteiger partial charge in [0.25, 0.3) is 0 Å². The molecule has 1 aromatic carbocycles. The minimum absolute atomic E-state index is 0.0453. The van der Waals surface area contributed by atoms with Gasteiger partial charge in [-0.1, -0.05) is 0 Å². The smallest absolute Gasteiger partial charge is 0.192 e. The van der Waals surface area contributed by atoms with E-state index in [1.807, 2.05) is 6.92 Å². The lowest BCUT2D eigenvalue weighted by molar-refractivity contribution is 0.0432. The summed E-state index contributed by atoms with van der Waals surface area (Å²) >= 11 is 3.39. The molecule has 0 N–H and O–H groups in total. The first-order valence-corrected chi connectivity index (χ1v) is 6.44. The second kappa shape index (κ2) is 5.19. The van der Waals surface area contributed by atoms with E-state index in [1.54, 1.807) is 25.3 Å². The molecule has 1 aliphatic rings. The average molecular weight is 299 g/mol. The Morgan fingerprint density at radius 3 is 2.76 bits per heavy atom. The van der Waals surface area contributed by atoms with Crippen LogP contribution in [0.2, 0.25) is 0 Å². The molecule has 0 aliphatic carbocycles. The average Bonchev–Trinajstić information content (AvgIpc) is 2.75. The van der Waals surface area contributed by atoms with Crippen LogP contribution in [0.25, 0.3) is 0 Å². The molecule has 1 aromatic rings. The Kier molecular flexibility index (Phi) is 3.84. The van der Waals surface area contributed by atoms with Gasteiger partial charge in [0.2, 0.25) is 0 Å². The number of ketones is 1. The van der Waals surface area contributed by atoms with Crippen molar-refractivity contribution in [1.29, 1.82) is 0 Å². The summed E-state index contributed by atoms with van der Waals surface area (Å²) in [6.07, 6.45) is 1.64. The zero-order valence-electron chi connectivity index (χ0n) is 9.90. The second-order valence-corrected chi connectivity index (χ2v) is 5.08. The summed E-state index contributed by atoms with van der Waals surface area (Å²) in [5.41, 5.74) is 0.657. The first-order chi connectivity index (χ1) is 8.11. The number of methoxy groups -OCH3 is 1. The number of ether oxygens (including phenoxy) is 2. The minimum atomic E-state index is -0.297. The van der Waals surface area contributed by atoms with Gasteiger partial charge in [-0.3, -0.25) is 4.79 Å². The van der Waals surface area contributed by atoms with Crippen LogP contribution in [0.5, 0.6) is 5.75 Å². The number of Topliss-reactive ketones (excluding diaryl/α,β-unsaturated/α-hetero) is 1. The number of benzene rings is 1. The van der Waals surface area contributed by atoms with Crippen LogP contribution in [0, 0.1) is 0 Å². The summed E-state index contributed by atoms with van der Waals surface area (Å²) in [6.45, 7) is 2.00. The van der Waals surface area contributed by atoms with Crippen LogP contribution in [0.1, 0.15) is 30.1 Å². The highest BCUT2D eigenvalue weighted by Crippen LogP contribution is 2.28. The normalized spacial score (nSPS) is 23.7. The van der Waals surface area contributed by atoms with Crippen molar-refractivity contribution in [3.8, 4) is 5.75 Å². The molecule has 1 fully saturated rings. The van der Waals surface area contributed by atoms with Gasteiger partial charge in [-0.25, -0.2) is 0 Å². The van der Waals surface area contributed by atoms with E-state index in [-0.39, 0.29) is 18.0 Å². The van der Waals surface area contributed by atoms with E-state index in [9.17, 15) is 4.79 Å².